The van der Waals surface area contributed by atoms with Crippen LogP contribution in [-0.2, 0) is 6.42 Å². The quantitative estimate of drug-likeness (QED) is 0.884. The van der Waals surface area contributed by atoms with Gasteiger partial charge in [0.15, 0.2) is 0 Å². The van der Waals surface area contributed by atoms with Crippen LogP contribution in [0.1, 0.15) is 25.0 Å². The molecule has 0 radical (unpaired) electrons. The summed E-state index contributed by atoms with van der Waals surface area (Å²) in [5.74, 6) is 1.77. The molecular formula is C17H23NO2. The molecule has 0 unspecified atom stereocenters. The maximum atomic E-state index is 9.21. The lowest BCUT2D eigenvalue weighted by molar-refractivity contribution is 0.463. The molecule has 0 aromatic heterocycles. The second kappa shape index (κ2) is 8.23. The van der Waals surface area contributed by atoms with Crippen molar-refractivity contribution in [2.75, 3.05) is 6.54 Å². The van der Waals surface area contributed by atoms with Crippen LogP contribution in [0.25, 0.3) is 0 Å². The summed E-state index contributed by atoms with van der Waals surface area (Å²) in [5, 5.41) is 9.21. The fourth-order valence-corrected chi connectivity index (χ4v) is 1.79. The SMILES string of the molecule is CC.Cc1cc(CCN)ccc1Oc1ccc(O)cc1. The number of hydrogen-bond acceptors (Lipinski definition) is 3. The molecule has 3 heteroatoms. The number of ether oxygens (including phenoxy) is 1. The molecule has 0 bridgehead atoms. The van der Waals surface area contributed by atoms with Gasteiger partial charge in [-0.2, -0.15) is 0 Å². The molecule has 2 aromatic rings. The van der Waals surface area contributed by atoms with Gasteiger partial charge in [-0.05, 0) is 61.3 Å². The van der Waals surface area contributed by atoms with Gasteiger partial charge in [0.2, 0.25) is 0 Å². The number of phenolic OH excluding ortho intramolecular Hbond substituents is 1. The van der Waals surface area contributed by atoms with Crippen molar-refractivity contribution in [3.05, 3.63) is 53.6 Å². The van der Waals surface area contributed by atoms with E-state index in [9.17, 15) is 5.11 Å². The van der Waals surface area contributed by atoms with Crippen molar-refractivity contribution in [2.45, 2.75) is 27.2 Å². The van der Waals surface area contributed by atoms with Crippen LogP contribution >= 0.6 is 0 Å². The minimum atomic E-state index is 0.234. The topological polar surface area (TPSA) is 55.5 Å². The molecule has 0 amide bonds. The summed E-state index contributed by atoms with van der Waals surface area (Å²) in [6.45, 7) is 6.66. The predicted octanol–water partition coefficient (Wildman–Crippen LogP) is 4.02. The van der Waals surface area contributed by atoms with Gasteiger partial charge in [0, 0.05) is 0 Å². The Morgan fingerprint density at radius 3 is 2.25 bits per heavy atom. The lowest BCUT2D eigenvalue weighted by atomic mass is 10.1. The third-order valence-electron chi connectivity index (χ3n) is 2.74. The van der Waals surface area contributed by atoms with E-state index in [1.807, 2.05) is 32.9 Å². The van der Waals surface area contributed by atoms with Gasteiger partial charge in [0.1, 0.15) is 17.2 Å². The number of hydrogen-bond donors (Lipinski definition) is 2. The Hall–Kier alpha value is -2.00. The molecule has 0 aliphatic carbocycles. The molecule has 0 fully saturated rings. The summed E-state index contributed by atoms with van der Waals surface area (Å²) in [6.07, 6.45) is 0.875. The van der Waals surface area contributed by atoms with Crippen LogP contribution in [-0.4, -0.2) is 11.7 Å². The fraction of sp³-hybridized carbons (Fsp3) is 0.294. The smallest absolute Gasteiger partial charge is 0.130 e. The molecule has 0 saturated heterocycles. The Bertz CT molecular complexity index is 521. The first-order valence-corrected chi connectivity index (χ1v) is 6.95. The van der Waals surface area contributed by atoms with Gasteiger partial charge in [-0.25, -0.2) is 0 Å². The molecule has 2 rings (SSSR count). The minimum Gasteiger partial charge on any atom is -0.508 e. The van der Waals surface area contributed by atoms with E-state index in [4.69, 9.17) is 10.5 Å². The molecule has 2 aromatic carbocycles. The van der Waals surface area contributed by atoms with Gasteiger partial charge >= 0.3 is 0 Å². The molecular weight excluding hydrogens is 250 g/mol. The number of phenols is 1. The van der Waals surface area contributed by atoms with E-state index in [-0.39, 0.29) is 5.75 Å². The van der Waals surface area contributed by atoms with E-state index in [1.54, 1.807) is 24.3 Å². The highest BCUT2D eigenvalue weighted by Gasteiger charge is 2.03. The van der Waals surface area contributed by atoms with Crippen molar-refractivity contribution in [2.24, 2.45) is 5.73 Å². The predicted molar refractivity (Wildman–Crippen MR) is 83.5 cm³/mol. The van der Waals surface area contributed by atoms with Crippen molar-refractivity contribution in [3.8, 4) is 17.2 Å². The van der Waals surface area contributed by atoms with Crippen LogP contribution < -0.4 is 10.5 Å². The minimum absolute atomic E-state index is 0.234. The molecule has 108 valence electrons. The molecule has 0 aliphatic rings. The lowest BCUT2D eigenvalue weighted by Crippen LogP contribution is -2.02. The highest BCUT2D eigenvalue weighted by Crippen LogP contribution is 2.26. The van der Waals surface area contributed by atoms with E-state index < -0.39 is 0 Å². The van der Waals surface area contributed by atoms with E-state index in [0.29, 0.717) is 12.3 Å². The highest BCUT2D eigenvalue weighted by atomic mass is 16.5. The number of rotatable bonds is 4. The molecule has 0 spiro atoms. The Balaban J connectivity index is 0.000000956. The average molecular weight is 273 g/mol. The first kappa shape index (κ1) is 16.1. The number of aryl methyl sites for hydroxylation is 1. The molecule has 20 heavy (non-hydrogen) atoms. The lowest BCUT2D eigenvalue weighted by Gasteiger charge is -2.10. The molecule has 0 atom stereocenters. The van der Waals surface area contributed by atoms with Gasteiger partial charge in [-0.15, -0.1) is 0 Å². The van der Waals surface area contributed by atoms with Crippen LogP contribution in [0, 0.1) is 6.92 Å². The summed E-state index contributed by atoms with van der Waals surface area (Å²) in [6, 6.07) is 12.7. The molecule has 0 aliphatic heterocycles. The van der Waals surface area contributed by atoms with E-state index in [2.05, 4.69) is 6.07 Å². The summed E-state index contributed by atoms with van der Waals surface area (Å²) in [4.78, 5) is 0. The molecule has 0 heterocycles. The standard InChI is InChI=1S/C15H17NO2.C2H6/c1-11-10-12(8-9-16)2-7-15(11)18-14-5-3-13(17)4-6-14;1-2/h2-7,10,17H,8-9,16H2,1H3;1-2H3. The van der Waals surface area contributed by atoms with Gasteiger partial charge in [0.05, 0.1) is 0 Å². The Labute approximate surface area is 121 Å². The second-order valence-corrected chi connectivity index (χ2v) is 4.23. The third-order valence-corrected chi connectivity index (χ3v) is 2.74. The van der Waals surface area contributed by atoms with Gasteiger partial charge < -0.3 is 15.6 Å². The van der Waals surface area contributed by atoms with Gasteiger partial charge in [-0.3, -0.25) is 0 Å². The first-order valence-electron chi connectivity index (χ1n) is 6.95. The van der Waals surface area contributed by atoms with Gasteiger partial charge in [0.25, 0.3) is 0 Å². The van der Waals surface area contributed by atoms with E-state index in [0.717, 1.165) is 17.7 Å². The largest absolute Gasteiger partial charge is 0.508 e. The van der Waals surface area contributed by atoms with E-state index in [1.165, 1.54) is 5.56 Å². The Kier molecular flexibility index (Phi) is 6.60. The zero-order valence-electron chi connectivity index (χ0n) is 12.4. The highest BCUT2D eigenvalue weighted by molar-refractivity contribution is 5.40. The summed E-state index contributed by atoms with van der Waals surface area (Å²) >= 11 is 0. The zero-order valence-corrected chi connectivity index (χ0v) is 12.4. The second-order valence-electron chi connectivity index (χ2n) is 4.23. The Morgan fingerprint density at radius 1 is 1.05 bits per heavy atom. The van der Waals surface area contributed by atoms with Crippen molar-refractivity contribution in [1.82, 2.24) is 0 Å². The van der Waals surface area contributed by atoms with Crippen LogP contribution in [0.5, 0.6) is 17.2 Å². The van der Waals surface area contributed by atoms with Crippen molar-refractivity contribution < 1.29 is 9.84 Å². The van der Waals surface area contributed by atoms with Gasteiger partial charge in [-0.1, -0.05) is 26.0 Å². The summed E-state index contributed by atoms with van der Waals surface area (Å²) < 4.78 is 5.75. The average Bonchev–Trinajstić information content (AvgIpc) is 2.47. The van der Waals surface area contributed by atoms with E-state index >= 15 is 0 Å². The number of nitrogens with two attached hydrogens (primary N) is 1. The third kappa shape index (κ3) is 4.59. The Morgan fingerprint density at radius 2 is 1.70 bits per heavy atom. The molecule has 0 saturated carbocycles. The van der Waals surface area contributed by atoms with Crippen molar-refractivity contribution in [3.63, 3.8) is 0 Å². The van der Waals surface area contributed by atoms with Crippen LogP contribution in [0.15, 0.2) is 42.5 Å². The maximum absolute atomic E-state index is 9.21. The summed E-state index contributed by atoms with van der Waals surface area (Å²) in [7, 11) is 0. The fourth-order valence-electron chi connectivity index (χ4n) is 1.79. The number of aromatic hydroxyl groups is 1. The normalized spacial score (nSPS) is 9.60. The monoisotopic (exact) mass is 273 g/mol. The molecule has 3 nitrogen and oxygen atoms in total. The summed E-state index contributed by atoms with van der Waals surface area (Å²) in [5.41, 5.74) is 7.83. The van der Waals surface area contributed by atoms with Crippen molar-refractivity contribution in [1.29, 1.82) is 0 Å². The van der Waals surface area contributed by atoms with Crippen molar-refractivity contribution >= 4 is 0 Å². The van der Waals surface area contributed by atoms with Crippen LogP contribution in [0.3, 0.4) is 0 Å². The van der Waals surface area contributed by atoms with Crippen LogP contribution in [0.2, 0.25) is 0 Å². The maximum Gasteiger partial charge on any atom is 0.130 e. The van der Waals surface area contributed by atoms with Crippen LogP contribution in [0.4, 0.5) is 0 Å². The first-order chi connectivity index (χ1) is 9.69. The molecule has 3 N–H and O–H groups in total. The number of benzene rings is 2. The zero-order chi connectivity index (χ0) is 15.0.